The summed E-state index contributed by atoms with van der Waals surface area (Å²) in [4.78, 5) is 128. The van der Waals surface area contributed by atoms with Gasteiger partial charge in [0.15, 0.2) is 5.78 Å². The number of nitrogens with one attached hydrogen (secondary N) is 6. The van der Waals surface area contributed by atoms with Crippen LogP contribution in [0.3, 0.4) is 0 Å². The van der Waals surface area contributed by atoms with Gasteiger partial charge < -0.3 is 42.1 Å². The van der Waals surface area contributed by atoms with Crippen molar-refractivity contribution in [1.29, 1.82) is 0 Å². The van der Waals surface area contributed by atoms with Crippen LogP contribution in [-0.2, 0) is 54.4 Å². The van der Waals surface area contributed by atoms with Gasteiger partial charge >= 0.3 is 11.9 Å². The fourth-order valence-electron chi connectivity index (χ4n) is 6.06. The van der Waals surface area contributed by atoms with E-state index in [9.17, 15) is 53.1 Å². The average molecular weight is 831 g/mol. The highest BCUT2D eigenvalue weighted by Gasteiger charge is 2.36. The van der Waals surface area contributed by atoms with Crippen molar-refractivity contribution in [3.8, 4) is 0 Å². The van der Waals surface area contributed by atoms with Crippen LogP contribution in [0.2, 0.25) is 0 Å². The van der Waals surface area contributed by atoms with Gasteiger partial charge in [0.1, 0.15) is 18.1 Å². The Morgan fingerprint density at radius 1 is 0.627 bits per heavy atom. The lowest BCUT2D eigenvalue weighted by Gasteiger charge is -2.30. The van der Waals surface area contributed by atoms with Crippen LogP contribution in [0.5, 0.6) is 0 Å². The largest absolute Gasteiger partial charge is 0.481 e. The number of hydrogen-bond donors (Lipinski definition) is 8. The van der Waals surface area contributed by atoms with E-state index in [0.717, 1.165) is 12.5 Å². The molecule has 0 unspecified atom stereocenters. The summed E-state index contributed by atoms with van der Waals surface area (Å²) in [6, 6.07) is 3.13. The van der Waals surface area contributed by atoms with Crippen molar-refractivity contribution < 1.29 is 58.2 Å². The Labute approximate surface area is 345 Å². The molecule has 328 valence electrons. The SMILES string of the molecule is CC[C@H](NC(=O)[C@H](CC(C)C)NC(=O)[C@@H](NC(=O)[C@@H](NC(=O)[C@@H](CC(=O)O)CC(=O)[C@H](CCC(=O)O)NC(C)=O)C(C)C)C(C)C)C(=O)C(=O)NCCc1ccccc1. The Kier molecular flexibility index (Phi) is 22.3. The lowest BCUT2D eigenvalue weighted by molar-refractivity contribution is -0.143. The van der Waals surface area contributed by atoms with Crippen LogP contribution < -0.4 is 31.9 Å². The van der Waals surface area contributed by atoms with E-state index in [1.54, 1.807) is 34.6 Å². The summed E-state index contributed by atoms with van der Waals surface area (Å²) in [6.07, 6.45) is -1.57. The first-order valence-electron chi connectivity index (χ1n) is 19.9. The number of benzene rings is 1. The van der Waals surface area contributed by atoms with E-state index >= 15 is 0 Å². The summed E-state index contributed by atoms with van der Waals surface area (Å²) >= 11 is 0. The zero-order valence-electron chi connectivity index (χ0n) is 35.2. The van der Waals surface area contributed by atoms with Gasteiger partial charge in [0.05, 0.1) is 24.4 Å². The van der Waals surface area contributed by atoms with E-state index < -0.39 is 126 Å². The highest BCUT2D eigenvalue weighted by Crippen LogP contribution is 2.16. The van der Waals surface area contributed by atoms with E-state index in [1.165, 1.54) is 0 Å². The fraction of sp³-hybridized carbons (Fsp3) is 0.610. The summed E-state index contributed by atoms with van der Waals surface area (Å²) < 4.78 is 0. The molecule has 1 aromatic rings. The normalized spacial score (nSPS) is 14.2. The molecule has 0 saturated heterocycles. The number of amides is 6. The van der Waals surface area contributed by atoms with Crippen molar-refractivity contribution in [3.63, 3.8) is 0 Å². The van der Waals surface area contributed by atoms with E-state index in [1.807, 2.05) is 44.2 Å². The standard InChI is InChI=1S/C41H62N6O12/c1-9-28(36(54)41(59)42-18-17-26-13-11-10-12-14-26)44-38(56)30(19-22(2)3)45-39(57)34(23(4)5)47-40(58)35(24(6)7)46-37(55)27(21-33(52)53)20-31(49)29(43-25(8)48)15-16-32(50)51/h10-14,22-24,27-30,34-35H,9,15-21H2,1-8H3,(H,42,59)(H,43,48)(H,44,56)(H,45,57)(H,46,55)(H,47,58)(H,50,51)(H,52,53)/t27-,28+,29+,30+,34+,35+/m1/s1. The fourth-order valence-corrected chi connectivity index (χ4v) is 6.06. The van der Waals surface area contributed by atoms with E-state index in [4.69, 9.17) is 5.11 Å². The maximum Gasteiger partial charge on any atom is 0.304 e. The Bertz CT molecular complexity index is 1650. The molecule has 0 radical (unpaired) electrons. The molecule has 1 aromatic carbocycles. The molecule has 0 heterocycles. The molecule has 0 aliphatic rings. The number of rotatable bonds is 27. The van der Waals surface area contributed by atoms with Crippen molar-refractivity contribution in [2.45, 2.75) is 131 Å². The minimum Gasteiger partial charge on any atom is -0.481 e. The Balaban J connectivity index is 3.14. The highest BCUT2D eigenvalue weighted by molar-refractivity contribution is 6.38. The van der Waals surface area contributed by atoms with Crippen molar-refractivity contribution in [2.24, 2.45) is 23.7 Å². The quantitative estimate of drug-likeness (QED) is 0.0578. The molecule has 6 amide bonds. The predicted octanol–water partition coefficient (Wildman–Crippen LogP) is 1.04. The van der Waals surface area contributed by atoms with Gasteiger partial charge in [-0.25, -0.2) is 0 Å². The molecule has 8 N–H and O–H groups in total. The molecule has 18 nitrogen and oxygen atoms in total. The van der Waals surface area contributed by atoms with Gasteiger partial charge in [0, 0.05) is 26.3 Å². The molecular weight excluding hydrogens is 768 g/mol. The third-order valence-electron chi connectivity index (χ3n) is 9.29. The molecule has 0 fully saturated rings. The smallest absolute Gasteiger partial charge is 0.304 e. The monoisotopic (exact) mass is 830 g/mol. The van der Waals surface area contributed by atoms with Gasteiger partial charge in [-0.1, -0.05) is 78.8 Å². The van der Waals surface area contributed by atoms with Gasteiger partial charge in [-0.2, -0.15) is 0 Å². The van der Waals surface area contributed by atoms with Crippen LogP contribution in [-0.4, -0.2) is 106 Å². The van der Waals surface area contributed by atoms with E-state index in [0.29, 0.717) is 6.42 Å². The lowest BCUT2D eigenvalue weighted by atomic mass is 9.92. The molecule has 0 aromatic heterocycles. The van der Waals surface area contributed by atoms with Crippen molar-refractivity contribution in [2.75, 3.05) is 6.54 Å². The summed E-state index contributed by atoms with van der Waals surface area (Å²) in [5.74, 6) is -11.8. The first-order chi connectivity index (χ1) is 27.6. The molecule has 0 spiro atoms. The second-order valence-electron chi connectivity index (χ2n) is 15.6. The van der Waals surface area contributed by atoms with Crippen LogP contribution in [0, 0.1) is 23.7 Å². The molecule has 6 atom stereocenters. The van der Waals surface area contributed by atoms with Crippen LogP contribution in [0.4, 0.5) is 0 Å². The van der Waals surface area contributed by atoms with Gasteiger partial charge in [0.25, 0.3) is 5.91 Å². The van der Waals surface area contributed by atoms with Crippen LogP contribution in [0.1, 0.15) is 99.5 Å². The first-order valence-corrected chi connectivity index (χ1v) is 19.9. The number of Topliss-reactive ketones (excluding diaryl/α,β-unsaturated/α-hetero) is 2. The third kappa shape index (κ3) is 19.1. The molecule has 59 heavy (non-hydrogen) atoms. The topological polar surface area (TPSA) is 283 Å². The van der Waals surface area contributed by atoms with Crippen LogP contribution >= 0.6 is 0 Å². The summed E-state index contributed by atoms with van der Waals surface area (Å²) in [5.41, 5.74) is 0.965. The molecule has 0 aliphatic heterocycles. The number of carbonyl (C=O) groups is 10. The van der Waals surface area contributed by atoms with Gasteiger partial charge in [-0.05, 0) is 49.0 Å². The molecule has 0 saturated carbocycles. The van der Waals surface area contributed by atoms with Gasteiger partial charge in [-0.15, -0.1) is 0 Å². The molecule has 18 heteroatoms. The second-order valence-corrected chi connectivity index (χ2v) is 15.6. The summed E-state index contributed by atoms with van der Waals surface area (Å²) in [6.45, 7) is 13.0. The van der Waals surface area contributed by atoms with Crippen molar-refractivity contribution in [1.82, 2.24) is 31.9 Å². The zero-order valence-corrected chi connectivity index (χ0v) is 35.2. The van der Waals surface area contributed by atoms with Crippen molar-refractivity contribution >= 4 is 58.9 Å². The van der Waals surface area contributed by atoms with E-state index in [2.05, 4.69) is 31.9 Å². The molecular formula is C41H62N6O12. The number of carboxylic acid groups (broad SMARTS) is 2. The minimum atomic E-state index is -1.51. The Morgan fingerprint density at radius 2 is 1.17 bits per heavy atom. The zero-order chi connectivity index (χ0) is 45.0. The van der Waals surface area contributed by atoms with Crippen LogP contribution in [0.25, 0.3) is 0 Å². The minimum absolute atomic E-state index is 0.0914. The maximum atomic E-state index is 13.8. The van der Waals surface area contributed by atoms with Crippen LogP contribution in [0.15, 0.2) is 30.3 Å². The second kappa shape index (κ2) is 25.6. The summed E-state index contributed by atoms with van der Waals surface area (Å²) in [5, 5.41) is 33.8. The average Bonchev–Trinajstić information content (AvgIpc) is 3.14. The molecule has 0 aliphatic carbocycles. The predicted molar refractivity (Wildman–Crippen MR) is 215 cm³/mol. The first kappa shape index (κ1) is 51.3. The number of carboxylic acids is 2. The number of ketones is 2. The third-order valence-corrected chi connectivity index (χ3v) is 9.29. The Hall–Kier alpha value is -5.68. The summed E-state index contributed by atoms with van der Waals surface area (Å²) in [7, 11) is 0. The number of hydrogen-bond acceptors (Lipinski definition) is 10. The van der Waals surface area contributed by atoms with Crippen molar-refractivity contribution in [3.05, 3.63) is 35.9 Å². The highest BCUT2D eigenvalue weighted by atomic mass is 16.4. The maximum absolute atomic E-state index is 13.8. The number of carbonyl (C=O) groups excluding carboxylic acids is 8. The Morgan fingerprint density at radius 3 is 1.66 bits per heavy atom. The molecule has 1 rings (SSSR count). The van der Waals surface area contributed by atoms with Gasteiger partial charge in [0.2, 0.25) is 35.3 Å². The lowest BCUT2D eigenvalue weighted by Crippen LogP contribution is -2.60. The number of aliphatic carboxylic acids is 2. The van der Waals surface area contributed by atoms with E-state index in [-0.39, 0.29) is 31.7 Å². The molecule has 0 bridgehead atoms. The van der Waals surface area contributed by atoms with Gasteiger partial charge in [-0.3, -0.25) is 47.9 Å².